The Hall–Kier alpha value is -1.13. The van der Waals surface area contributed by atoms with Gasteiger partial charge in [-0.05, 0) is 34.5 Å². The molecule has 0 spiro atoms. The van der Waals surface area contributed by atoms with E-state index in [2.05, 4.69) is 21.0 Å². The molecule has 4 heteroatoms. The summed E-state index contributed by atoms with van der Waals surface area (Å²) in [7, 11) is 0. The number of para-hydroxylation sites is 1. The lowest BCUT2D eigenvalue weighted by molar-refractivity contribution is 0.781. The van der Waals surface area contributed by atoms with Gasteiger partial charge in [-0.3, -0.25) is 0 Å². The molecular weight excluding hydrogens is 254 g/mol. The quantitative estimate of drug-likeness (QED) is 0.908. The van der Waals surface area contributed by atoms with Gasteiger partial charge in [0.05, 0.1) is 16.4 Å². The Morgan fingerprint density at radius 3 is 2.73 bits per heavy atom. The van der Waals surface area contributed by atoms with E-state index >= 15 is 0 Å². The Kier molecular flexibility index (Phi) is 2.88. The molecule has 15 heavy (non-hydrogen) atoms. The highest BCUT2D eigenvalue weighted by atomic mass is 79.9. The maximum Gasteiger partial charge on any atom is 0.0693 e. The summed E-state index contributed by atoms with van der Waals surface area (Å²) in [6, 6.07) is 8.01. The molecule has 2 aromatic rings. The number of hydrogen-bond acceptors (Lipinski definition) is 2. The molecule has 1 aromatic heterocycles. The van der Waals surface area contributed by atoms with E-state index < -0.39 is 0 Å². The fourth-order valence-corrected chi connectivity index (χ4v) is 1.80. The highest BCUT2D eigenvalue weighted by Gasteiger charge is 2.08. The second-order valence-corrected chi connectivity index (χ2v) is 4.37. The average molecular weight is 266 g/mol. The average Bonchev–Trinajstić information content (AvgIpc) is 2.65. The largest absolute Gasteiger partial charge is 0.324 e. The summed E-state index contributed by atoms with van der Waals surface area (Å²) in [5, 5.41) is 4.24. The molecule has 0 saturated carbocycles. The van der Waals surface area contributed by atoms with Crippen molar-refractivity contribution in [3.8, 4) is 5.69 Å². The molecule has 2 N–H and O–H groups in total. The van der Waals surface area contributed by atoms with Crippen LogP contribution in [0.2, 0.25) is 0 Å². The smallest absolute Gasteiger partial charge is 0.0693 e. The van der Waals surface area contributed by atoms with E-state index in [1.165, 1.54) is 0 Å². The summed E-state index contributed by atoms with van der Waals surface area (Å²) >= 11 is 3.38. The molecule has 1 aromatic carbocycles. The lowest BCUT2D eigenvalue weighted by atomic mass is 10.1. The van der Waals surface area contributed by atoms with Gasteiger partial charge in [-0.2, -0.15) is 5.10 Å². The zero-order valence-electron chi connectivity index (χ0n) is 8.39. The number of nitrogens with zero attached hydrogens (tertiary/aromatic N) is 2. The van der Waals surface area contributed by atoms with Gasteiger partial charge < -0.3 is 5.73 Å². The maximum atomic E-state index is 5.91. The van der Waals surface area contributed by atoms with Gasteiger partial charge in [-0.1, -0.05) is 18.2 Å². The first-order valence-electron chi connectivity index (χ1n) is 4.73. The van der Waals surface area contributed by atoms with Gasteiger partial charge >= 0.3 is 0 Å². The Bertz CT molecular complexity index is 462. The van der Waals surface area contributed by atoms with Gasteiger partial charge in [0.1, 0.15) is 0 Å². The number of rotatable bonds is 2. The van der Waals surface area contributed by atoms with E-state index in [-0.39, 0.29) is 6.04 Å². The number of aromatic nitrogens is 2. The molecule has 78 valence electrons. The van der Waals surface area contributed by atoms with Crippen LogP contribution in [0.15, 0.2) is 41.1 Å². The first-order valence-corrected chi connectivity index (χ1v) is 5.53. The highest BCUT2D eigenvalue weighted by molar-refractivity contribution is 9.10. The van der Waals surface area contributed by atoms with Crippen LogP contribution in [0.4, 0.5) is 0 Å². The zero-order chi connectivity index (χ0) is 10.8. The van der Waals surface area contributed by atoms with E-state index in [0.717, 1.165) is 15.7 Å². The number of benzene rings is 1. The molecule has 2 rings (SSSR count). The third kappa shape index (κ3) is 2.11. The summed E-state index contributed by atoms with van der Waals surface area (Å²) in [6.45, 7) is 1.97. The Morgan fingerprint density at radius 1 is 1.40 bits per heavy atom. The van der Waals surface area contributed by atoms with Crippen molar-refractivity contribution in [3.63, 3.8) is 0 Å². The third-order valence-corrected chi connectivity index (χ3v) is 2.63. The van der Waals surface area contributed by atoms with Crippen LogP contribution < -0.4 is 5.73 Å². The molecule has 0 radical (unpaired) electrons. The predicted octanol–water partition coefficient (Wildman–Crippen LogP) is 2.65. The van der Waals surface area contributed by atoms with Gasteiger partial charge in [-0.25, -0.2) is 4.68 Å². The first kappa shape index (κ1) is 10.4. The second kappa shape index (κ2) is 4.16. The normalized spacial score (nSPS) is 12.7. The Morgan fingerprint density at radius 2 is 2.13 bits per heavy atom. The van der Waals surface area contributed by atoms with Crippen molar-refractivity contribution in [2.45, 2.75) is 13.0 Å². The number of nitrogens with two attached hydrogens (primary N) is 1. The zero-order valence-corrected chi connectivity index (χ0v) is 9.98. The van der Waals surface area contributed by atoms with Crippen LogP contribution in [0, 0.1) is 0 Å². The van der Waals surface area contributed by atoms with E-state index in [1.54, 1.807) is 6.20 Å². The van der Waals surface area contributed by atoms with Crippen LogP contribution in [-0.2, 0) is 0 Å². The lowest BCUT2D eigenvalue weighted by Gasteiger charge is -2.11. The van der Waals surface area contributed by atoms with Crippen LogP contribution in [0.1, 0.15) is 18.5 Å². The van der Waals surface area contributed by atoms with Gasteiger partial charge in [0.15, 0.2) is 0 Å². The molecule has 0 bridgehead atoms. The first-order chi connectivity index (χ1) is 7.18. The fraction of sp³-hybridized carbons (Fsp3) is 0.182. The molecule has 0 amide bonds. The summed E-state index contributed by atoms with van der Waals surface area (Å²) < 4.78 is 2.78. The summed E-state index contributed by atoms with van der Waals surface area (Å²) in [4.78, 5) is 0. The third-order valence-electron chi connectivity index (χ3n) is 2.23. The highest BCUT2D eigenvalue weighted by Crippen LogP contribution is 2.20. The minimum absolute atomic E-state index is 0.00387. The van der Waals surface area contributed by atoms with Crippen molar-refractivity contribution >= 4 is 15.9 Å². The van der Waals surface area contributed by atoms with Crippen molar-refractivity contribution in [3.05, 3.63) is 46.7 Å². The van der Waals surface area contributed by atoms with Crippen LogP contribution in [0.25, 0.3) is 5.69 Å². The minimum atomic E-state index is 0.00387. The molecule has 1 heterocycles. The number of halogens is 1. The van der Waals surface area contributed by atoms with E-state index in [9.17, 15) is 0 Å². The monoisotopic (exact) mass is 265 g/mol. The van der Waals surface area contributed by atoms with Gasteiger partial charge in [0, 0.05) is 12.2 Å². The minimum Gasteiger partial charge on any atom is -0.324 e. The molecule has 0 aliphatic rings. The standard InChI is InChI=1S/C11H12BrN3/c1-8(13)10-4-2-3-5-11(10)15-7-9(12)6-14-15/h2-8H,13H2,1H3. The Balaban J connectivity index is 2.52. The lowest BCUT2D eigenvalue weighted by Crippen LogP contribution is -2.09. The number of hydrogen-bond donors (Lipinski definition) is 1. The molecule has 3 nitrogen and oxygen atoms in total. The Labute approximate surface area is 97.0 Å². The van der Waals surface area contributed by atoms with Crippen LogP contribution >= 0.6 is 15.9 Å². The summed E-state index contributed by atoms with van der Waals surface area (Å²) in [5.41, 5.74) is 8.02. The predicted molar refractivity (Wildman–Crippen MR) is 63.9 cm³/mol. The van der Waals surface area contributed by atoms with Crippen molar-refractivity contribution in [2.24, 2.45) is 5.73 Å². The molecule has 0 fully saturated rings. The molecule has 0 saturated heterocycles. The van der Waals surface area contributed by atoms with Crippen LogP contribution in [0.5, 0.6) is 0 Å². The SMILES string of the molecule is CC(N)c1ccccc1-n1cc(Br)cn1. The topological polar surface area (TPSA) is 43.8 Å². The van der Waals surface area contributed by atoms with Crippen molar-refractivity contribution < 1.29 is 0 Å². The van der Waals surface area contributed by atoms with Gasteiger partial charge in [0.25, 0.3) is 0 Å². The second-order valence-electron chi connectivity index (χ2n) is 3.45. The molecule has 1 unspecified atom stereocenters. The van der Waals surface area contributed by atoms with Crippen LogP contribution in [0.3, 0.4) is 0 Å². The molecule has 1 atom stereocenters. The molecular formula is C11H12BrN3. The van der Waals surface area contributed by atoms with E-state index in [0.29, 0.717) is 0 Å². The van der Waals surface area contributed by atoms with Crippen molar-refractivity contribution in [1.82, 2.24) is 9.78 Å². The fourth-order valence-electron chi connectivity index (χ4n) is 1.51. The van der Waals surface area contributed by atoms with Gasteiger partial charge in [-0.15, -0.1) is 0 Å². The maximum absolute atomic E-state index is 5.91. The van der Waals surface area contributed by atoms with Crippen molar-refractivity contribution in [2.75, 3.05) is 0 Å². The summed E-state index contributed by atoms with van der Waals surface area (Å²) in [5.74, 6) is 0. The van der Waals surface area contributed by atoms with Gasteiger partial charge in [0.2, 0.25) is 0 Å². The summed E-state index contributed by atoms with van der Waals surface area (Å²) in [6.07, 6.45) is 3.68. The molecule has 0 aliphatic heterocycles. The van der Waals surface area contributed by atoms with Crippen molar-refractivity contribution in [1.29, 1.82) is 0 Å². The van der Waals surface area contributed by atoms with Crippen LogP contribution in [-0.4, -0.2) is 9.78 Å². The molecule has 0 aliphatic carbocycles. The van der Waals surface area contributed by atoms with E-state index in [4.69, 9.17) is 5.73 Å². The van der Waals surface area contributed by atoms with E-state index in [1.807, 2.05) is 42.1 Å².